The Bertz CT molecular complexity index is 1720. The van der Waals surface area contributed by atoms with Crippen molar-refractivity contribution in [2.45, 2.75) is 62.9 Å². The molecule has 0 spiro atoms. The lowest BCUT2D eigenvalue weighted by Crippen LogP contribution is -2.61. The van der Waals surface area contributed by atoms with Crippen LogP contribution < -0.4 is 9.47 Å². The largest absolute Gasteiger partial charge is 0.506 e. The van der Waals surface area contributed by atoms with E-state index in [-0.39, 0.29) is 59.4 Å². The molecule has 4 atom stereocenters. The van der Waals surface area contributed by atoms with Crippen LogP contribution in [0.2, 0.25) is 0 Å². The molecule has 0 amide bonds. The number of carbonyl (C=O) groups is 4. The molecule has 6 N–H and O–H groups in total. The van der Waals surface area contributed by atoms with Gasteiger partial charge in [-0.05, 0) is 49.9 Å². The van der Waals surface area contributed by atoms with Crippen molar-refractivity contribution in [2.75, 3.05) is 14.2 Å². The highest BCUT2D eigenvalue weighted by Gasteiger charge is 2.62. The average molecular weight is 639 g/mol. The van der Waals surface area contributed by atoms with Crippen LogP contribution >= 0.6 is 0 Å². The fraction of sp³-hybridized carbons (Fsp3) is 0.375. The molecule has 0 bridgehead atoms. The van der Waals surface area contributed by atoms with Gasteiger partial charge in [0.05, 0.1) is 25.4 Å². The SMILES string of the molecule is COC(=O)[C@@]12Oc3cc(C)c(-c4c(C)cc5c(c4O)C(O)=C4C(=O)CC[C@H](O)[C@@]4(C(=O)OC)O5)c(O)c3C(O)=C1C(=O)CC[C@@H]2O. The maximum absolute atomic E-state index is 13.1. The second-order valence-electron chi connectivity index (χ2n) is 11.6. The Morgan fingerprint density at radius 1 is 0.696 bits per heavy atom. The van der Waals surface area contributed by atoms with Crippen LogP contribution in [0.5, 0.6) is 23.0 Å². The molecule has 0 aromatic heterocycles. The van der Waals surface area contributed by atoms with Crippen LogP contribution in [-0.4, -0.2) is 91.8 Å². The van der Waals surface area contributed by atoms with Crippen molar-refractivity contribution in [1.82, 2.24) is 0 Å². The number of esters is 2. The fourth-order valence-electron chi connectivity index (χ4n) is 7.04. The zero-order valence-corrected chi connectivity index (χ0v) is 25.1. The lowest BCUT2D eigenvalue weighted by atomic mass is 9.73. The summed E-state index contributed by atoms with van der Waals surface area (Å²) >= 11 is 0. The zero-order chi connectivity index (χ0) is 33.6. The molecule has 2 aromatic rings. The second-order valence-corrected chi connectivity index (χ2v) is 11.6. The van der Waals surface area contributed by atoms with Crippen LogP contribution in [0.1, 0.15) is 47.9 Å². The first-order chi connectivity index (χ1) is 21.7. The van der Waals surface area contributed by atoms with E-state index in [0.717, 1.165) is 14.2 Å². The first-order valence-corrected chi connectivity index (χ1v) is 14.3. The van der Waals surface area contributed by atoms with E-state index in [1.807, 2.05) is 0 Å². The summed E-state index contributed by atoms with van der Waals surface area (Å²) in [5.74, 6) is -7.35. The van der Waals surface area contributed by atoms with Crippen LogP contribution in [0.15, 0.2) is 23.3 Å². The summed E-state index contributed by atoms with van der Waals surface area (Å²) in [6, 6.07) is 2.62. The minimum absolute atomic E-state index is 0.0979. The van der Waals surface area contributed by atoms with Gasteiger partial charge in [0, 0.05) is 24.0 Å². The number of hydrogen-bond donors (Lipinski definition) is 6. The van der Waals surface area contributed by atoms with Crippen molar-refractivity contribution in [3.63, 3.8) is 0 Å². The quantitative estimate of drug-likeness (QED) is 0.264. The number of aliphatic hydroxyl groups is 4. The number of aliphatic hydroxyl groups excluding tert-OH is 4. The summed E-state index contributed by atoms with van der Waals surface area (Å²) in [5.41, 5.74) is -6.62. The third-order valence-corrected chi connectivity index (χ3v) is 9.17. The number of aromatic hydroxyl groups is 2. The minimum atomic E-state index is -2.40. The molecule has 46 heavy (non-hydrogen) atoms. The fourth-order valence-corrected chi connectivity index (χ4v) is 7.04. The molecule has 2 aliphatic carbocycles. The van der Waals surface area contributed by atoms with Crippen molar-refractivity contribution in [2.24, 2.45) is 0 Å². The number of hydrogen-bond acceptors (Lipinski definition) is 14. The van der Waals surface area contributed by atoms with E-state index < -0.39 is 92.2 Å². The van der Waals surface area contributed by atoms with Crippen LogP contribution in [0.25, 0.3) is 22.6 Å². The van der Waals surface area contributed by atoms with E-state index in [0.29, 0.717) is 0 Å². The Balaban J connectivity index is 1.61. The van der Waals surface area contributed by atoms with Crippen molar-refractivity contribution >= 4 is 35.0 Å². The number of fused-ring (bicyclic) bond motifs is 4. The van der Waals surface area contributed by atoms with Gasteiger partial charge in [0.1, 0.15) is 57.9 Å². The number of phenols is 2. The Morgan fingerprint density at radius 2 is 1.04 bits per heavy atom. The maximum atomic E-state index is 13.1. The van der Waals surface area contributed by atoms with Gasteiger partial charge >= 0.3 is 11.9 Å². The number of aryl methyl sites for hydroxylation is 2. The van der Waals surface area contributed by atoms with Gasteiger partial charge in [-0.15, -0.1) is 0 Å². The highest BCUT2D eigenvalue weighted by Crippen LogP contribution is 2.57. The Kier molecular flexibility index (Phi) is 6.87. The van der Waals surface area contributed by atoms with E-state index in [9.17, 15) is 49.8 Å². The van der Waals surface area contributed by atoms with Crippen LogP contribution in [-0.2, 0) is 28.7 Å². The number of methoxy groups -OCH3 is 2. The monoisotopic (exact) mass is 638 g/mol. The van der Waals surface area contributed by atoms with E-state index in [2.05, 4.69) is 0 Å². The van der Waals surface area contributed by atoms with Gasteiger partial charge in [0.15, 0.2) is 11.6 Å². The zero-order valence-electron chi connectivity index (χ0n) is 25.1. The van der Waals surface area contributed by atoms with Crippen LogP contribution in [0.3, 0.4) is 0 Å². The van der Waals surface area contributed by atoms with Gasteiger partial charge in [0.2, 0.25) is 0 Å². The molecular formula is C32H30O14. The molecule has 6 rings (SSSR count). The predicted octanol–water partition coefficient (Wildman–Crippen LogP) is 1.98. The van der Waals surface area contributed by atoms with Crippen molar-refractivity contribution in [1.29, 1.82) is 0 Å². The molecular weight excluding hydrogens is 608 g/mol. The summed E-state index contributed by atoms with van der Waals surface area (Å²) in [5, 5.41) is 67.9. The lowest BCUT2D eigenvalue weighted by molar-refractivity contribution is -0.170. The summed E-state index contributed by atoms with van der Waals surface area (Å²) in [7, 11) is 2.05. The second kappa shape index (κ2) is 10.2. The number of ketones is 2. The minimum Gasteiger partial charge on any atom is -0.506 e. The molecule has 2 fully saturated rings. The van der Waals surface area contributed by atoms with Crippen molar-refractivity contribution < 1.29 is 68.8 Å². The molecule has 4 aliphatic rings. The third-order valence-electron chi connectivity index (χ3n) is 9.17. The van der Waals surface area contributed by atoms with Crippen molar-refractivity contribution in [3.8, 4) is 34.1 Å². The normalized spacial score (nSPS) is 26.7. The predicted molar refractivity (Wildman–Crippen MR) is 155 cm³/mol. The van der Waals surface area contributed by atoms with Crippen LogP contribution in [0.4, 0.5) is 0 Å². The van der Waals surface area contributed by atoms with Crippen molar-refractivity contribution in [3.05, 3.63) is 45.5 Å². The lowest BCUT2D eigenvalue weighted by Gasteiger charge is -2.43. The Morgan fingerprint density at radius 3 is 1.37 bits per heavy atom. The highest BCUT2D eigenvalue weighted by atomic mass is 16.6. The van der Waals surface area contributed by atoms with Gasteiger partial charge in [-0.25, -0.2) is 9.59 Å². The molecule has 2 heterocycles. The molecule has 0 unspecified atom stereocenters. The Hall–Kier alpha value is -5.08. The molecule has 0 saturated heterocycles. The first kappa shape index (κ1) is 30.9. The number of Topliss-reactive ketones (excluding diaryl/α,β-unsaturated/α-hetero) is 2. The maximum Gasteiger partial charge on any atom is 0.358 e. The molecule has 2 saturated carbocycles. The third kappa shape index (κ3) is 3.70. The highest BCUT2D eigenvalue weighted by molar-refractivity contribution is 6.14. The molecule has 242 valence electrons. The number of carbonyl (C=O) groups excluding carboxylic acids is 4. The Labute approximate surface area is 260 Å². The molecule has 2 aliphatic heterocycles. The topological polar surface area (TPSA) is 227 Å². The summed E-state index contributed by atoms with van der Waals surface area (Å²) in [6.45, 7) is 3.00. The van der Waals surface area contributed by atoms with E-state index >= 15 is 0 Å². The standard InChI is InChI=1S/C32H30O14/c1-11-9-15-21(27(39)23-13(33)5-7-17(35)31(23,45-15)29(41)43-3)25(37)19(11)20-12(2)10-16-22(26(20)38)28(40)24-14(34)6-8-18(36)32(24,46-16)30(42)44-4/h9-10,17-18,35-40H,5-8H2,1-4H3/t17-,18-,31-,32+/m0/s1. The summed E-state index contributed by atoms with van der Waals surface area (Å²) < 4.78 is 21.5. The molecule has 14 heteroatoms. The number of benzene rings is 2. The molecule has 0 radical (unpaired) electrons. The average Bonchev–Trinajstić information content (AvgIpc) is 3.00. The van der Waals surface area contributed by atoms with Crippen LogP contribution in [0, 0.1) is 13.8 Å². The smallest absolute Gasteiger partial charge is 0.358 e. The van der Waals surface area contributed by atoms with Gasteiger partial charge < -0.3 is 49.6 Å². The van der Waals surface area contributed by atoms with E-state index in [4.69, 9.17) is 18.9 Å². The first-order valence-electron chi connectivity index (χ1n) is 14.3. The number of phenolic OH excluding ortho intramolecular Hbond substituents is 2. The molecule has 2 aromatic carbocycles. The number of rotatable bonds is 3. The van der Waals surface area contributed by atoms with Gasteiger partial charge in [-0.2, -0.15) is 0 Å². The number of ether oxygens (including phenoxy) is 4. The summed E-state index contributed by atoms with van der Waals surface area (Å²) in [6.07, 6.45) is -3.96. The van der Waals surface area contributed by atoms with Gasteiger partial charge in [0.25, 0.3) is 11.2 Å². The summed E-state index contributed by atoms with van der Waals surface area (Å²) in [4.78, 5) is 52.0. The molecule has 14 nitrogen and oxygen atoms in total. The van der Waals surface area contributed by atoms with Gasteiger partial charge in [-0.3, -0.25) is 9.59 Å². The van der Waals surface area contributed by atoms with E-state index in [1.165, 1.54) is 26.0 Å². The van der Waals surface area contributed by atoms with E-state index in [1.54, 1.807) is 0 Å². The van der Waals surface area contributed by atoms with Gasteiger partial charge in [-0.1, -0.05) is 0 Å².